The fraction of sp³-hybridized carbons (Fsp3) is 0.625. The normalized spacial score (nSPS) is 26.6. The molecule has 0 radical (unpaired) electrons. The summed E-state index contributed by atoms with van der Waals surface area (Å²) < 4.78 is 13.7. The third kappa shape index (κ3) is 3.15. The van der Waals surface area contributed by atoms with Crippen LogP contribution >= 0.6 is 0 Å². The second-order valence-corrected chi connectivity index (χ2v) is 6.40. The van der Waals surface area contributed by atoms with Crippen molar-refractivity contribution in [3.05, 3.63) is 35.6 Å². The van der Waals surface area contributed by atoms with E-state index < -0.39 is 0 Å². The molecule has 1 saturated carbocycles. The summed E-state index contributed by atoms with van der Waals surface area (Å²) in [6, 6.07) is 6.98. The average molecular weight is 265 g/mol. The summed E-state index contributed by atoms with van der Waals surface area (Å²) in [5.74, 6) is -0.168. The van der Waals surface area contributed by atoms with E-state index in [1.807, 2.05) is 19.2 Å². The first-order valence-corrected chi connectivity index (χ1v) is 7.03. The van der Waals surface area contributed by atoms with Gasteiger partial charge in [-0.2, -0.15) is 0 Å². The number of hydrogen-bond acceptors (Lipinski definition) is 2. The highest BCUT2D eigenvalue weighted by Crippen LogP contribution is 2.37. The fourth-order valence-electron chi connectivity index (χ4n) is 3.07. The van der Waals surface area contributed by atoms with Crippen molar-refractivity contribution in [1.29, 1.82) is 0 Å². The van der Waals surface area contributed by atoms with E-state index >= 15 is 0 Å². The molecule has 19 heavy (non-hydrogen) atoms. The zero-order valence-corrected chi connectivity index (χ0v) is 12.1. The van der Waals surface area contributed by atoms with E-state index in [1.54, 1.807) is 6.07 Å². The topological polar surface area (TPSA) is 23.5 Å². The van der Waals surface area contributed by atoms with E-state index in [-0.39, 0.29) is 23.4 Å². The molecule has 1 fully saturated rings. The van der Waals surface area contributed by atoms with E-state index in [9.17, 15) is 9.50 Å². The minimum atomic E-state index is -0.349. The lowest BCUT2D eigenvalue weighted by atomic mass is 9.72. The van der Waals surface area contributed by atoms with Crippen LogP contribution in [0, 0.1) is 11.2 Å². The molecule has 0 bridgehead atoms. The van der Waals surface area contributed by atoms with Crippen LogP contribution in [0.15, 0.2) is 24.3 Å². The Kier molecular flexibility index (Phi) is 4.26. The number of aliphatic hydroxyl groups is 1. The lowest BCUT2D eigenvalue weighted by Gasteiger charge is -2.44. The minimum Gasteiger partial charge on any atom is -0.391 e. The van der Waals surface area contributed by atoms with Crippen LogP contribution in [0.25, 0.3) is 0 Å². The van der Waals surface area contributed by atoms with Crippen molar-refractivity contribution in [2.24, 2.45) is 5.41 Å². The van der Waals surface area contributed by atoms with Gasteiger partial charge in [0, 0.05) is 18.2 Å². The molecule has 1 N–H and O–H groups in total. The van der Waals surface area contributed by atoms with Gasteiger partial charge in [-0.15, -0.1) is 0 Å². The molecule has 1 aliphatic carbocycles. The quantitative estimate of drug-likeness (QED) is 0.907. The molecule has 0 saturated heterocycles. The Hall–Kier alpha value is -0.930. The second kappa shape index (κ2) is 5.59. The number of likely N-dealkylation sites (N-methyl/N-ethyl adjacent to an activating group) is 1. The predicted octanol–water partition coefficient (Wildman–Crippen LogP) is 3.20. The van der Waals surface area contributed by atoms with E-state index in [0.717, 1.165) is 19.3 Å². The lowest BCUT2D eigenvalue weighted by molar-refractivity contribution is -0.0526. The van der Waals surface area contributed by atoms with Gasteiger partial charge >= 0.3 is 0 Å². The third-order valence-corrected chi connectivity index (χ3v) is 4.43. The molecule has 2 atom stereocenters. The van der Waals surface area contributed by atoms with Crippen molar-refractivity contribution < 1.29 is 9.50 Å². The van der Waals surface area contributed by atoms with Gasteiger partial charge < -0.3 is 5.11 Å². The Morgan fingerprint density at radius 2 is 2.05 bits per heavy atom. The molecule has 2 nitrogen and oxygen atoms in total. The molecule has 0 heterocycles. The first-order valence-electron chi connectivity index (χ1n) is 7.03. The monoisotopic (exact) mass is 265 g/mol. The molecule has 106 valence electrons. The van der Waals surface area contributed by atoms with Crippen molar-refractivity contribution >= 4 is 0 Å². The number of aliphatic hydroxyl groups excluding tert-OH is 1. The summed E-state index contributed by atoms with van der Waals surface area (Å²) in [5.41, 5.74) is 0.646. The van der Waals surface area contributed by atoms with Gasteiger partial charge in [0.2, 0.25) is 0 Å². The van der Waals surface area contributed by atoms with E-state index in [2.05, 4.69) is 18.7 Å². The zero-order valence-electron chi connectivity index (χ0n) is 12.1. The molecule has 1 aliphatic rings. The summed E-state index contributed by atoms with van der Waals surface area (Å²) in [5, 5.41) is 10.5. The maximum Gasteiger partial charge on any atom is 0.127 e. The van der Waals surface area contributed by atoms with Crippen LogP contribution in [0.3, 0.4) is 0 Å². The number of rotatable bonds is 3. The van der Waals surface area contributed by atoms with Gasteiger partial charge in [0.1, 0.15) is 5.82 Å². The Labute approximate surface area is 115 Å². The van der Waals surface area contributed by atoms with Crippen molar-refractivity contribution in [2.75, 3.05) is 7.05 Å². The highest BCUT2D eigenvalue weighted by Gasteiger charge is 2.39. The first-order chi connectivity index (χ1) is 8.92. The van der Waals surface area contributed by atoms with E-state index in [1.165, 1.54) is 6.07 Å². The third-order valence-electron chi connectivity index (χ3n) is 4.43. The Balaban J connectivity index is 2.07. The number of hydrogen-bond donors (Lipinski definition) is 1. The molecular formula is C16H24FNO. The van der Waals surface area contributed by atoms with Crippen LogP contribution < -0.4 is 0 Å². The predicted molar refractivity (Wildman–Crippen MR) is 75.3 cm³/mol. The molecule has 1 aromatic carbocycles. The Bertz CT molecular complexity index is 433. The molecular weight excluding hydrogens is 241 g/mol. The first kappa shape index (κ1) is 14.5. The summed E-state index contributed by atoms with van der Waals surface area (Å²) >= 11 is 0. The Morgan fingerprint density at radius 1 is 1.37 bits per heavy atom. The van der Waals surface area contributed by atoms with Crippen LogP contribution in [0.2, 0.25) is 0 Å². The van der Waals surface area contributed by atoms with Gasteiger partial charge in [-0.3, -0.25) is 4.90 Å². The highest BCUT2D eigenvalue weighted by molar-refractivity contribution is 5.17. The minimum absolute atomic E-state index is 0.0492. The second-order valence-electron chi connectivity index (χ2n) is 6.40. The highest BCUT2D eigenvalue weighted by atomic mass is 19.1. The van der Waals surface area contributed by atoms with Crippen molar-refractivity contribution in [1.82, 2.24) is 4.90 Å². The maximum absolute atomic E-state index is 13.7. The van der Waals surface area contributed by atoms with Gasteiger partial charge in [0.15, 0.2) is 0 Å². The Morgan fingerprint density at radius 3 is 2.74 bits per heavy atom. The number of nitrogens with zero attached hydrogens (tertiary/aromatic N) is 1. The van der Waals surface area contributed by atoms with Gasteiger partial charge in [0.25, 0.3) is 0 Å². The van der Waals surface area contributed by atoms with Gasteiger partial charge in [-0.05, 0) is 31.4 Å². The van der Waals surface area contributed by atoms with E-state index in [0.29, 0.717) is 12.1 Å². The number of benzene rings is 1. The summed E-state index contributed by atoms with van der Waals surface area (Å²) in [6.45, 7) is 4.77. The van der Waals surface area contributed by atoms with Crippen LogP contribution in [-0.2, 0) is 6.54 Å². The van der Waals surface area contributed by atoms with Crippen molar-refractivity contribution in [3.8, 4) is 0 Å². The molecule has 1 aromatic rings. The standard InChI is InChI=1S/C16H24FNO/c1-16(2)10-6-9-14(15(16)19)18(3)11-12-7-4-5-8-13(12)17/h4-5,7-8,14-15,19H,6,9-11H2,1-3H3. The van der Waals surface area contributed by atoms with Crippen LogP contribution in [0.4, 0.5) is 4.39 Å². The van der Waals surface area contributed by atoms with E-state index in [4.69, 9.17) is 0 Å². The fourth-order valence-corrected chi connectivity index (χ4v) is 3.07. The molecule has 3 heteroatoms. The summed E-state index contributed by atoms with van der Waals surface area (Å²) in [6.07, 6.45) is 2.81. The SMILES string of the molecule is CN(Cc1ccccc1F)C1CCCC(C)(C)C1O. The van der Waals surface area contributed by atoms with Gasteiger partial charge in [-0.25, -0.2) is 4.39 Å². The smallest absolute Gasteiger partial charge is 0.127 e. The summed E-state index contributed by atoms with van der Waals surface area (Å²) in [4.78, 5) is 2.09. The molecule has 0 aliphatic heterocycles. The van der Waals surface area contributed by atoms with Crippen LogP contribution in [0.1, 0.15) is 38.7 Å². The molecule has 2 rings (SSSR count). The molecule has 0 amide bonds. The van der Waals surface area contributed by atoms with Crippen molar-refractivity contribution in [3.63, 3.8) is 0 Å². The molecule has 2 unspecified atom stereocenters. The van der Waals surface area contributed by atoms with Gasteiger partial charge in [0.05, 0.1) is 6.10 Å². The molecule has 0 spiro atoms. The largest absolute Gasteiger partial charge is 0.391 e. The number of halogens is 1. The zero-order chi connectivity index (χ0) is 14.0. The van der Waals surface area contributed by atoms with Crippen LogP contribution in [-0.4, -0.2) is 29.2 Å². The van der Waals surface area contributed by atoms with Crippen molar-refractivity contribution in [2.45, 2.75) is 51.8 Å². The maximum atomic E-state index is 13.7. The van der Waals surface area contributed by atoms with Crippen LogP contribution in [0.5, 0.6) is 0 Å². The van der Waals surface area contributed by atoms with Gasteiger partial charge in [-0.1, -0.05) is 38.5 Å². The summed E-state index contributed by atoms with van der Waals surface area (Å²) in [7, 11) is 1.97. The molecule has 0 aromatic heterocycles. The average Bonchev–Trinajstić information content (AvgIpc) is 2.35. The lowest BCUT2D eigenvalue weighted by Crippen LogP contribution is -2.50.